The number of rotatable bonds is 6. The van der Waals surface area contributed by atoms with Gasteiger partial charge in [0.2, 0.25) is 0 Å². The lowest BCUT2D eigenvalue weighted by Crippen LogP contribution is -2.47. The van der Waals surface area contributed by atoms with Gasteiger partial charge in [0.15, 0.2) is 0 Å². The molecule has 0 bridgehead atoms. The Labute approximate surface area is 163 Å². The lowest BCUT2D eigenvalue weighted by atomic mass is 10.2. The molecule has 1 aliphatic heterocycles. The van der Waals surface area contributed by atoms with Crippen LogP contribution in [0.25, 0.3) is 11.3 Å². The summed E-state index contributed by atoms with van der Waals surface area (Å²) in [6.07, 6.45) is 6.86. The molecule has 3 aromatic rings. The first kappa shape index (κ1) is 18.4. The molecule has 28 heavy (non-hydrogen) atoms. The van der Waals surface area contributed by atoms with E-state index in [2.05, 4.69) is 29.9 Å². The Hall–Kier alpha value is -2.97. The topological polar surface area (TPSA) is 80.0 Å². The molecule has 0 spiro atoms. The Morgan fingerprint density at radius 2 is 1.75 bits per heavy atom. The van der Waals surface area contributed by atoms with Crippen molar-refractivity contribution in [1.29, 1.82) is 0 Å². The van der Waals surface area contributed by atoms with Gasteiger partial charge < -0.3 is 0 Å². The van der Waals surface area contributed by atoms with Crippen molar-refractivity contribution in [1.82, 2.24) is 34.5 Å². The van der Waals surface area contributed by atoms with Gasteiger partial charge in [0, 0.05) is 69.5 Å². The molecule has 0 atom stereocenters. The van der Waals surface area contributed by atoms with Crippen molar-refractivity contribution in [2.24, 2.45) is 0 Å². The molecule has 0 N–H and O–H groups in total. The Bertz CT molecular complexity index is 938. The number of nitrogens with zero attached hydrogens (tertiary/aromatic N) is 7. The van der Waals surface area contributed by atoms with Crippen LogP contribution in [0.15, 0.2) is 60.0 Å². The van der Waals surface area contributed by atoms with Gasteiger partial charge in [-0.25, -0.2) is 14.6 Å². The molecule has 1 fully saturated rings. The molecule has 0 aliphatic carbocycles. The van der Waals surface area contributed by atoms with Crippen molar-refractivity contribution in [3.63, 3.8) is 0 Å². The van der Waals surface area contributed by atoms with Crippen molar-refractivity contribution in [2.75, 3.05) is 32.7 Å². The summed E-state index contributed by atoms with van der Waals surface area (Å²) in [5.74, 6) is 0. The van der Waals surface area contributed by atoms with Gasteiger partial charge in [0.1, 0.15) is 6.33 Å². The second kappa shape index (κ2) is 8.81. The summed E-state index contributed by atoms with van der Waals surface area (Å²) in [4.78, 5) is 29.3. The van der Waals surface area contributed by atoms with Crippen LogP contribution in [0.1, 0.15) is 5.69 Å². The molecule has 144 valence electrons. The summed E-state index contributed by atoms with van der Waals surface area (Å²) in [5.41, 5.74) is 2.65. The summed E-state index contributed by atoms with van der Waals surface area (Å²) in [6, 6.07) is 9.10. The zero-order valence-electron chi connectivity index (χ0n) is 15.7. The summed E-state index contributed by atoms with van der Waals surface area (Å²) in [5, 5.41) is 4.51. The van der Waals surface area contributed by atoms with E-state index >= 15 is 0 Å². The third-order valence-electron chi connectivity index (χ3n) is 4.95. The molecule has 8 nitrogen and oxygen atoms in total. The lowest BCUT2D eigenvalue weighted by Gasteiger charge is -2.34. The van der Waals surface area contributed by atoms with Crippen molar-refractivity contribution in [3.05, 3.63) is 71.3 Å². The van der Waals surface area contributed by atoms with E-state index in [9.17, 15) is 4.79 Å². The molecule has 0 radical (unpaired) electrons. The normalized spacial score (nSPS) is 15.6. The Morgan fingerprint density at radius 1 is 0.893 bits per heavy atom. The van der Waals surface area contributed by atoms with Crippen molar-refractivity contribution in [3.8, 4) is 11.3 Å². The predicted molar refractivity (Wildman–Crippen MR) is 105 cm³/mol. The van der Waals surface area contributed by atoms with E-state index in [-0.39, 0.29) is 5.56 Å². The van der Waals surface area contributed by atoms with Crippen LogP contribution in [0.4, 0.5) is 0 Å². The average Bonchev–Trinajstić information content (AvgIpc) is 2.75. The van der Waals surface area contributed by atoms with Crippen LogP contribution < -0.4 is 5.56 Å². The van der Waals surface area contributed by atoms with Crippen molar-refractivity contribution < 1.29 is 0 Å². The predicted octanol–water partition coefficient (Wildman–Crippen LogP) is 0.913. The van der Waals surface area contributed by atoms with Crippen LogP contribution >= 0.6 is 0 Å². The smallest absolute Gasteiger partial charge is 0.266 e. The summed E-state index contributed by atoms with van der Waals surface area (Å²) in [6.45, 7) is 6.17. The van der Waals surface area contributed by atoms with Crippen LogP contribution in [0.5, 0.6) is 0 Å². The second-order valence-corrected chi connectivity index (χ2v) is 6.84. The maximum atomic E-state index is 12.2. The molecular weight excluding hydrogens is 354 g/mol. The van der Waals surface area contributed by atoms with Crippen LogP contribution in [0.2, 0.25) is 0 Å². The number of hydrogen-bond acceptors (Lipinski definition) is 7. The molecular formula is C20H23N7O. The summed E-state index contributed by atoms with van der Waals surface area (Å²) < 4.78 is 1.55. The fourth-order valence-electron chi connectivity index (χ4n) is 3.33. The first-order chi connectivity index (χ1) is 13.8. The number of piperazine rings is 1. The lowest BCUT2D eigenvalue weighted by molar-refractivity contribution is 0.121. The van der Waals surface area contributed by atoms with Crippen LogP contribution in [0, 0.1) is 0 Å². The highest BCUT2D eigenvalue weighted by atomic mass is 16.1. The largest absolute Gasteiger partial charge is 0.299 e. The van der Waals surface area contributed by atoms with Gasteiger partial charge >= 0.3 is 0 Å². The van der Waals surface area contributed by atoms with E-state index in [1.807, 2.05) is 18.2 Å². The van der Waals surface area contributed by atoms with Crippen LogP contribution in [-0.2, 0) is 13.1 Å². The molecule has 0 unspecified atom stereocenters. The molecule has 4 heterocycles. The zero-order chi connectivity index (χ0) is 19.2. The molecule has 8 heteroatoms. The van der Waals surface area contributed by atoms with Gasteiger partial charge in [-0.3, -0.25) is 19.6 Å². The third kappa shape index (κ3) is 4.65. The molecule has 4 rings (SSSR count). The maximum absolute atomic E-state index is 12.2. The van der Waals surface area contributed by atoms with Crippen molar-refractivity contribution in [2.45, 2.75) is 13.1 Å². The highest BCUT2D eigenvalue weighted by Gasteiger charge is 2.17. The van der Waals surface area contributed by atoms with Gasteiger partial charge in [-0.05, 0) is 24.3 Å². The molecule has 0 aromatic carbocycles. The van der Waals surface area contributed by atoms with E-state index in [0.29, 0.717) is 6.54 Å². The molecule has 0 saturated carbocycles. The standard InChI is InChI=1S/C20H23N7O/c28-20-4-3-19(17-2-1-6-21-14-17)24-27(20)13-12-25-8-10-26(11-9-25)15-18-5-7-22-16-23-18/h1-7,14,16H,8-13,15H2. The van der Waals surface area contributed by atoms with Gasteiger partial charge in [-0.2, -0.15) is 5.10 Å². The first-order valence-electron chi connectivity index (χ1n) is 9.46. The zero-order valence-corrected chi connectivity index (χ0v) is 15.7. The monoisotopic (exact) mass is 377 g/mol. The fraction of sp³-hybridized carbons (Fsp3) is 0.350. The number of hydrogen-bond donors (Lipinski definition) is 0. The van der Waals surface area contributed by atoms with Gasteiger partial charge in [-0.15, -0.1) is 0 Å². The third-order valence-corrected chi connectivity index (χ3v) is 4.95. The molecule has 1 saturated heterocycles. The minimum atomic E-state index is -0.0740. The van der Waals surface area contributed by atoms with Gasteiger partial charge in [-0.1, -0.05) is 0 Å². The summed E-state index contributed by atoms with van der Waals surface area (Å²) >= 11 is 0. The molecule has 3 aromatic heterocycles. The highest BCUT2D eigenvalue weighted by Crippen LogP contribution is 2.12. The highest BCUT2D eigenvalue weighted by molar-refractivity contribution is 5.56. The second-order valence-electron chi connectivity index (χ2n) is 6.84. The van der Waals surface area contributed by atoms with Crippen LogP contribution in [-0.4, -0.2) is 67.3 Å². The summed E-state index contributed by atoms with van der Waals surface area (Å²) in [7, 11) is 0. The maximum Gasteiger partial charge on any atom is 0.266 e. The average molecular weight is 377 g/mol. The van der Waals surface area contributed by atoms with E-state index < -0.39 is 0 Å². The SMILES string of the molecule is O=c1ccc(-c2cccnc2)nn1CCN1CCN(Cc2ccncn2)CC1. The van der Waals surface area contributed by atoms with E-state index in [4.69, 9.17) is 0 Å². The minimum Gasteiger partial charge on any atom is -0.299 e. The van der Waals surface area contributed by atoms with Crippen molar-refractivity contribution >= 4 is 0 Å². The first-order valence-corrected chi connectivity index (χ1v) is 9.46. The van der Waals surface area contributed by atoms with E-state index in [1.54, 1.807) is 41.7 Å². The Balaban J connectivity index is 1.31. The number of aromatic nitrogens is 5. The quantitative estimate of drug-likeness (QED) is 0.632. The van der Waals surface area contributed by atoms with Gasteiger partial charge in [0.25, 0.3) is 5.56 Å². The minimum absolute atomic E-state index is 0.0740. The van der Waals surface area contributed by atoms with E-state index in [0.717, 1.165) is 56.2 Å². The number of pyridine rings is 1. The van der Waals surface area contributed by atoms with Crippen LogP contribution in [0.3, 0.4) is 0 Å². The fourth-order valence-corrected chi connectivity index (χ4v) is 3.33. The Kier molecular flexibility index (Phi) is 5.79. The van der Waals surface area contributed by atoms with E-state index in [1.165, 1.54) is 0 Å². The van der Waals surface area contributed by atoms with Gasteiger partial charge in [0.05, 0.1) is 17.9 Å². The Morgan fingerprint density at radius 3 is 2.50 bits per heavy atom. The molecule has 0 amide bonds. The molecule has 1 aliphatic rings.